The summed E-state index contributed by atoms with van der Waals surface area (Å²) in [5.74, 6) is 0. The van der Waals surface area contributed by atoms with Gasteiger partial charge < -0.3 is 5.43 Å². The zero-order valence-corrected chi connectivity index (χ0v) is 11.1. The number of thiophene rings is 1. The predicted molar refractivity (Wildman–Crippen MR) is 72.8 cm³/mol. The minimum Gasteiger partial charge on any atom is -0.301 e. The summed E-state index contributed by atoms with van der Waals surface area (Å²) >= 11 is 1.64. The van der Waals surface area contributed by atoms with Crippen molar-refractivity contribution in [2.24, 2.45) is 5.10 Å². The first-order chi connectivity index (χ1) is 9.54. The van der Waals surface area contributed by atoms with Gasteiger partial charge >= 0.3 is 6.18 Å². The Morgan fingerprint density at radius 2 is 1.90 bits per heavy atom. The highest BCUT2D eigenvalue weighted by molar-refractivity contribution is 7.10. The molecule has 1 aromatic carbocycles. The van der Waals surface area contributed by atoms with Crippen LogP contribution in [-0.2, 0) is 6.18 Å². The van der Waals surface area contributed by atoms with E-state index in [1.54, 1.807) is 11.3 Å². The van der Waals surface area contributed by atoms with Gasteiger partial charge in [-0.15, -0.1) is 11.3 Å². The molecule has 0 bridgehead atoms. The molecular weight excluding hydrogens is 285 g/mol. The van der Waals surface area contributed by atoms with E-state index < -0.39 is 11.7 Å². The molecule has 104 valence electrons. The number of hydrogen-bond donors (Lipinski definition) is 1. The molecule has 0 aliphatic carbocycles. The van der Waals surface area contributed by atoms with E-state index in [-0.39, 0.29) is 6.04 Å². The number of benzene rings is 1. The maximum atomic E-state index is 12.5. The second kappa shape index (κ2) is 4.94. The van der Waals surface area contributed by atoms with Crippen molar-refractivity contribution in [3.05, 3.63) is 57.8 Å². The summed E-state index contributed by atoms with van der Waals surface area (Å²) in [4.78, 5) is 1.18. The molecule has 1 atom stereocenters. The van der Waals surface area contributed by atoms with Crippen molar-refractivity contribution >= 4 is 17.0 Å². The van der Waals surface area contributed by atoms with Crippen LogP contribution in [-0.4, -0.2) is 5.71 Å². The summed E-state index contributed by atoms with van der Waals surface area (Å²) in [6, 6.07) is 9.24. The van der Waals surface area contributed by atoms with Crippen LogP contribution in [0.5, 0.6) is 0 Å². The second-order valence-corrected chi connectivity index (χ2v) is 5.51. The van der Waals surface area contributed by atoms with Crippen molar-refractivity contribution in [3.63, 3.8) is 0 Å². The smallest absolute Gasteiger partial charge is 0.301 e. The van der Waals surface area contributed by atoms with Gasteiger partial charge in [-0.3, -0.25) is 0 Å². The van der Waals surface area contributed by atoms with E-state index >= 15 is 0 Å². The van der Waals surface area contributed by atoms with E-state index in [9.17, 15) is 13.2 Å². The lowest BCUT2D eigenvalue weighted by molar-refractivity contribution is -0.137. The lowest BCUT2D eigenvalue weighted by Crippen LogP contribution is -2.08. The first kappa shape index (κ1) is 13.2. The number of hydrogen-bond acceptors (Lipinski definition) is 3. The van der Waals surface area contributed by atoms with Crippen LogP contribution >= 0.6 is 11.3 Å². The van der Waals surface area contributed by atoms with Gasteiger partial charge in [0.25, 0.3) is 0 Å². The van der Waals surface area contributed by atoms with E-state index in [1.807, 2.05) is 17.5 Å². The van der Waals surface area contributed by atoms with E-state index in [0.717, 1.165) is 23.4 Å². The monoisotopic (exact) mass is 296 g/mol. The Balaban J connectivity index is 1.75. The van der Waals surface area contributed by atoms with Crippen LogP contribution in [0, 0.1) is 0 Å². The number of alkyl halides is 3. The van der Waals surface area contributed by atoms with Gasteiger partial charge in [0.15, 0.2) is 0 Å². The van der Waals surface area contributed by atoms with Gasteiger partial charge in [0.1, 0.15) is 0 Å². The van der Waals surface area contributed by atoms with Crippen molar-refractivity contribution in [1.82, 2.24) is 5.43 Å². The Kier molecular flexibility index (Phi) is 3.25. The maximum Gasteiger partial charge on any atom is 0.416 e. The van der Waals surface area contributed by atoms with Gasteiger partial charge in [-0.25, -0.2) is 0 Å². The van der Waals surface area contributed by atoms with Crippen molar-refractivity contribution in [2.75, 3.05) is 0 Å². The number of nitrogens with zero attached hydrogens (tertiary/aromatic N) is 1. The summed E-state index contributed by atoms with van der Waals surface area (Å²) < 4.78 is 37.5. The normalized spacial score (nSPS) is 18.8. The van der Waals surface area contributed by atoms with Crippen molar-refractivity contribution in [3.8, 4) is 0 Å². The summed E-state index contributed by atoms with van der Waals surface area (Å²) in [5.41, 5.74) is 3.91. The summed E-state index contributed by atoms with van der Waals surface area (Å²) in [6.07, 6.45) is -3.61. The Bertz CT molecular complexity index is 615. The first-order valence-electron chi connectivity index (χ1n) is 6.07. The lowest BCUT2D eigenvalue weighted by Gasteiger charge is -2.08. The van der Waals surface area contributed by atoms with Gasteiger partial charge in [-0.1, -0.05) is 18.2 Å². The molecule has 6 heteroatoms. The van der Waals surface area contributed by atoms with Gasteiger partial charge in [0.2, 0.25) is 0 Å². The third kappa shape index (κ3) is 2.56. The third-order valence-corrected chi connectivity index (χ3v) is 4.17. The van der Waals surface area contributed by atoms with E-state index in [2.05, 4.69) is 10.5 Å². The van der Waals surface area contributed by atoms with Crippen LogP contribution in [0.4, 0.5) is 13.2 Å². The van der Waals surface area contributed by atoms with Crippen LogP contribution in [0.15, 0.2) is 46.9 Å². The lowest BCUT2D eigenvalue weighted by atomic mass is 10.0. The average molecular weight is 296 g/mol. The van der Waals surface area contributed by atoms with Crippen LogP contribution in [0.1, 0.15) is 28.5 Å². The summed E-state index contributed by atoms with van der Waals surface area (Å²) in [7, 11) is 0. The van der Waals surface area contributed by atoms with E-state index in [1.165, 1.54) is 17.0 Å². The minimum atomic E-state index is -4.30. The Labute approximate surface area is 117 Å². The maximum absolute atomic E-state index is 12.5. The number of rotatable bonds is 2. The second-order valence-electron chi connectivity index (χ2n) is 4.53. The fraction of sp³-hybridized carbons (Fsp3) is 0.214. The zero-order valence-electron chi connectivity index (χ0n) is 10.3. The molecular formula is C14H11F3N2S. The van der Waals surface area contributed by atoms with Crippen LogP contribution in [0.25, 0.3) is 0 Å². The van der Waals surface area contributed by atoms with E-state index in [4.69, 9.17) is 0 Å². The van der Waals surface area contributed by atoms with Crippen molar-refractivity contribution in [1.29, 1.82) is 0 Å². The van der Waals surface area contributed by atoms with Gasteiger partial charge in [-0.05, 0) is 29.1 Å². The van der Waals surface area contributed by atoms with Crippen LogP contribution in [0.3, 0.4) is 0 Å². The molecule has 0 spiro atoms. The third-order valence-electron chi connectivity index (χ3n) is 3.18. The number of halogens is 3. The number of nitrogens with one attached hydrogen (secondary N) is 1. The molecule has 1 aliphatic heterocycles. The largest absolute Gasteiger partial charge is 0.416 e. The quantitative estimate of drug-likeness (QED) is 0.882. The molecule has 0 saturated heterocycles. The Morgan fingerprint density at radius 3 is 2.50 bits per heavy atom. The predicted octanol–water partition coefficient (Wildman–Crippen LogP) is 4.21. The molecule has 1 unspecified atom stereocenters. The van der Waals surface area contributed by atoms with E-state index in [0.29, 0.717) is 6.42 Å². The standard InChI is InChI=1S/C14H11F3N2S/c15-14(16,17)10-5-3-9(4-6-10)11-8-12(19-18-11)13-2-1-7-20-13/h1-7,12,19H,8H2. The Morgan fingerprint density at radius 1 is 1.15 bits per heavy atom. The molecule has 0 fully saturated rings. The van der Waals surface area contributed by atoms with Gasteiger partial charge in [0.05, 0.1) is 17.3 Å². The highest BCUT2D eigenvalue weighted by Crippen LogP contribution is 2.31. The topological polar surface area (TPSA) is 24.4 Å². The summed E-state index contributed by atoms with van der Waals surface area (Å²) in [5, 5.41) is 6.22. The fourth-order valence-corrected chi connectivity index (χ4v) is 2.90. The molecule has 0 saturated carbocycles. The molecule has 2 aromatic rings. The molecule has 1 aromatic heterocycles. The fourth-order valence-electron chi connectivity index (χ4n) is 2.13. The molecule has 0 amide bonds. The average Bonchev–Trinajstić information content (AvgIpc) is 3.09. The summed E-state index contributed by atoms with van der Waals surface area (Å²) in [6.45, 7) is 0. The minimum absolute atomic E-state index is 0.118. The molecule has 3 rings (SSSR count). The molecule has 20 heavy (non-hydrogen) atoms. The molecule has 0 radical (unpaired) electrons. The highest BCUT2D eigenvalue weighted by Gasteiger charge is 2.30. The van der Waals surface area contributed by atoms with Crippen LogP contribution < -0.4 is 5.43 Å². The molecule has 1 N–H and O–H groups in total. The molecule has 1 aliphatic rings. The molecule has 2 heterocycles. The Hall–Kier alpha value is -1.82. The van der Waals surface area contributed by atoms with Gasteiger partial charge in [-0.2, -0.15) is 18.3 Å². The van der Waals surface area contributed by atoms with Crippen molar-refractivity contribution in [2.45, 2.75) is 18.6 Å². The number of hydrazone groups is 1. The highest BCUT2D eigenvalue weighted by atomic mass is 32.1. The SMILES string of the molecule is FC(F)(F)c1ccc(C2=NNC(c3cccs3)C2)cc1. The molecule has 2 nitrogen and oxygen atoms in total. The van der Waals surface area contributed by atoms with Crippen molar-refractivity contribution < 1.29 is 13.2 Å². The van der Waals surface area contributed by atoms with Crippen LogP contribution in [0.2, 0.25) is 0 Å². The first-order valence-corrected chi connectivity index (χ1v) is 6.95. The zero-order chi connectivity index (χ0) is 14.2. The van der Waals surface area contributed by atoms with Gasteiger partial charge in [0, 0.05) is 11.3 Å².